The Balaban J connectivity index is 2.07. The summed E-state index contributed by atoms with van der Waals surface area (Å²) in [5.74, 6) is 0. The van der Waals surface area contributed by atoms with Crippen LogP contribution in [0.3, 0.4) is 0 Å². The second-order valence-corrected chi connectivity index (χ2v) is 5.16. The summed E-state index contributed by atoms with van der Waals surface area (Å²) in [6, 6.07) is 6.76. The second-order valence-electron chi connectivity index (χ2n) is 5.16. The van der Waals surface area contributed by atoms with Gasteiger partial charge in [0.05, 0.1) is 0 Å². The van der Waals surface area contributed by atoms with Crippen LogP contribution in [0.2, 0.25) is 0 Å². The second kappa shape index (κ2) is 3.34. The Labute approximate surface area is 91.7 Å². The van der Waals surface area contributed by atoms with Crippen LogP contribution in [0.4, 0.5) is 0 Å². The van der Waals surface area contributed by atoms with E-state index in [9.17, 15) is 0 Å². The van der Waals surface area contributed by atoms with E-state index < -0.39 is 0 Å². The van der Waals surface area contributed by atoms with Crippen molar-refractivity contribution in [1.29, 1.82) is 0 Å². The molecule has 1 fully saturated rings. The fourth-order valence-corrected chi connectivity index (χ4v) is 3.07. The van der Waals surface area contributed by atoms with Gasteiger partial charge in [-0.05, 0) is 61.6 Å². The molecule has 1 nitrogen and oxygen atoms in total. The lowest BCUT2D eigenvalue weighted by Gasteiger charge is -2.41. The van der Waals surface area contributed by atoms with Gasteiger partial charge in [-0.2, -0.15) is 0 Å². The number of nitrogens with two attached hydrogens (primary N) is 1. The minimum Gasteiger partial charge on any atom is -0.321 e. The molecule has 2 aliphatic carbocycles. The fourth-order valence-electron chi connectivity index (χ4n) is 3.07. The number of benzene rings is 1. The molecule has 2 aliphatic rings. The lowest BCUT2D eigenvalue weighted by Crippen LogP contribution is -2.44. The van der Waals surface area contributed by atoms with Gasteiger partial charge >= 0.3 is 0 Å². The van der Waals surface area contributed by atoms with Crippen LogP contribution in [0.5, 0.6) is 0 Å². The van der Waals surface area contributed by atoms with Crippen molar-refractivity contribution in [2.45, 2.75) is 50.5 Å². The molecular weight excluding hydrogens is 182 g/mol. The third-order valence-corrected chi connectivity index (χ3v) is 4.18. The van der Waals surface area contributed by atoms with Crippen molar-refractivity contribution in [2.75, 3.05) is 0 Å². The van der Waals surface area contributed by atoms with Crippen LogP contribution in [-0.4, -0.2) is 0 Å². The smallest absolute Gasteiger partial charge is 0.0412 e. The van der Waals surface area contributed by atoms with Gasteiger partial charge in [0.15, 0.2) is 0 Å². The Hall–Kier alpha value is -0.820. The summed E-state index contributed by atoms with van der Waals surface area (Å²) in [6.07, 6.45) is 8.89. The molecule has 0 aromatic heterocycles. The molecule has 1 heteroatoms. The Kier molecular flexibility index (Phi) is 2.10. The first-order valence-electron chi connectivity index (χ1n) is 6.20. The predicted molar refractivity (Wildman–Crippen MR) is 62.8 cm³/mol. The zero-order valence-corrected chi connectivity index (χ0v) is 9.26. The molecule has 0 spiro atoms. The molecule has 0 unspecified atom stereocenters. The number of hydrogen-bond donors (Lipinski definition) is 1. The first-order chi connectivity index (χ1) is 7.30. The van der Waals surface area contributed by atoms with Gasteiger partial charge in [-0.15, -0.1) is 0 Å². The molecule has 15 heavy (non-hydrogen) atoms. The van der Waals surface area contributed by atoms with Gasteiger partial charge in [0.2, 0.25) is 0 Å². The van der Waals surface area contributed by atoms with Crippen molar-refractivity contribution >= 4 is 0 Å². The molecule has 1 aromatic rings. The number of fused-ring (bicyclic) bond motifs is 1. The molecule has 0 bridgehead atoms. The van der Waals surface area contributed by atoms with Crippen molar-refractivity contribution in [1.82, 2.24) is 0 Å². The predicted octanol–water partition coefficient (Wildman–Crippen LogP) is 2.90. The van der Waals surface area contributed by atoms with E-state index in [2.05, 4.69) is 18.2 Å². The SMILES string of the molecule is NC1(c2cccc3c2CCCC3)CCC1. The quantitative estimate of drug-likeness (QED) is 0.743. The average Bonchev–Trinajstić information content (AvgIpc) is 2.25. The summed E-state index contributed by atoms with van der Waals surface area (Å²) >= 11 is 0. The first-order valence-corrected chi connectivity index (χ1v) is 6.20. The highest BCUT2D eigenvalue weighted by Gasteiger charge is 2.36. The van der Waals surface area contributed by atoms with Crippen molar-refractivity contribution in [2.24, 2.45) is 5.73 Å². The van der Waals surface area contributed by atoms with Gasteiger partial charge in [0, 0.05) is 5.54 Å². The summed E-state index contributed by atoms with van der Waals surface area (Å²) in [4.78, 5) is 0. The molecular formula is C14H19N. The van der Waals surface area contributed by atoms with Crippen LogP contribution in [0.1, 0.15) is 48.8 Å². The van der Waals surface area contributed by atoms with E-state index >= 15 is 0 Å². The Morgan fingerprint density at radius 3 is 2.53 bits per heavy atom. The van der Waals surface area contributed by atoms with Crippen LogP contribution in [0.25, 0.3) is 0 Å². The number of rotatable bonds is 1. The van der Waals surface area contributed by atoms with E-state index in [0.29, 0.717) is 0 Å². The van der Waals surface area contributed by atoms with E-state index in [0.717, 1.165) is 0 Å². The Morgan fingerprint density at radius 1 is 1.00 bits per heavy atom. The maximum Gasteiger partial charge on any atom is 0.0412 e. The molecule has 0 heterocycles. The lowest BCUT2D eigenvalue weighted by molar-refractivity contribution is 0.251. The van der Waals surface area contributed by atoms with Crippen LogP contribution in [-0.2, 0) is 18.4 Å². The minimum atomic E-state index is 0.0304. The zero-order valence-electron chi connectivity index (χ0n) is 9.26. The van der Waals surface area contributed by atoms with Gasteiger partial charge in [0.1, 0.15) is 0 Å². The molecule has 0 amide bonds. The first kappa shape index (κ1) is 9.41. The molecule has 0 radical (unpaired) electrons. The van der Waals surface area contributed by atoms with Crippen molar-refractivity contribution in [3.63, 3.8) is 0 Å². The molecule has 3 rings (SSSR count). The maximum absolute atomic E-state index is 6.45. The Bertz CT molecular complexity index is 377. The van der Waals surface area contributed by atoms with Crippen LogP contribution < -0.4 is 5.73 Å². The highest BCUT2D eigenvalue weighted by atomic mass is 14.8. The summed E-state index contributed by atoms with van der Waals surface area (Å²) in [7, 11) is 0. The van der Waals surface area contributed by atoms with E-state index in [-0.39, 0.29) is 5.54 Å². The summed E-state index contributed by atoms with van der Waals surface area (Å²) in [5, 5.41) is 0. The van der Waals surface area contributed by atoms with E-state index in [4.69, 9.17) is 5.73 Å². The monoisotopic (exact) mass is 201 g/mol. The molecule has 80 valence electrons. The average molecular weight is 201 g/mol. The minimum absolute atomic E-state index is 0.0304. The van der Waals surface area contributed by atoms with Crippen molar-refractivity contribution in [3.8, 4) is 0 Å². The fraction of sp³-hybridized carbons (Fsp3) is 0.571. The van der Waals surface area contributed by atoms with Crippen LogP contribution in [0, 0.1) is 0 Å². The third-order valence-electron chi connectivity index (χ3n) is 4.18. The summed E-state index contributed by atoms with van der Waals surface area (Å²) in [6.45, 7) is 0. The van der Waals surface area contributed by atoms with E-state index in [1.165, 1.54) is 50.5 Å². The van der Waals surface area contributed by atoms with Crippen LogP contribution in [0.15, 0.2) is 18.2 Å². The van der Waals surface area contributed by atoms with Gasteiger partial charge in [-0.3, -0.25) is 0 Å². The number of aryl methyl sites for hydroxylation is 1. The molecule has 0 saturated heterocycles. The van der Waals surface area contributed by atoms with Crippen molar-refractivity contribution < 1.29 is 0 Å². The normalized spacial score (nSPS) is 23.0. The van der Waals surface area contributed by atoms with Gasteiger partial charge < -0.3 is 5.73 Å². The zero-order chi connectivity index (χ0) is 10.3. The summed E-state index contributed by atoms with van der Waals surface area (Å²) in [5.41, 5.74) is 11.1. The van der Waals surface area contributed by atoms with Gasteiger partial charge in [-0.25, -0.2) is 0 Å². The van der Waals surface area contributed by atoms with Crippen molar-refractivity contribution in [3.05, 3.63) is 34.9 Å². The van der Waals surface area contributed by atoms with E-state index in [1.54, 1.807) is 11.1 Å². The topological polar surface area (TPSA) is 26.0 Å². The standard InChI is InChI=1S/C14H19N/c15-14(9-4-10-14)13-8-3-6-11-5-1-2-7-12(11)13/h3,6,8H,1-2,4-5,7,9-10,15H2. The lowest BCUT2D eigenvalue weighted by atomic mass is 9.69. The van der Waals surface area contributed by atoms with Gasteiger partial charge in [0.25, 0.3) is 0 Å². The number of hydrogen-bond acceptors (Lipinski definition) is 1. The largest absolute Gasteiger partial charge is 0.321 e. The Morgan fingerprint density at radius 2 is 1.80 bits per heavy atom. The van der Waals surface area contributed by atoms with Crippen LogP contribution >= 0.6 is 0 Å². The highest BCUT2D eigenvalue weighted by Crippen LogP contribution is 2.42. The molecule has 1 saturated carbocycles. The molecule has 0 atom stereocenters. The highest BCUT2D eigenvalue weighted by molar-refractivity contribution is 5.42. The maximum atomic E-state index is 6.45. The molecule has 2 N–H and O–H groups in total. The van der Waals surface area contributed by atoms with E-state index in [1.807, 2.05) is 0 Å². The third kappa shape index (κ3) is 1.41. The summed E-state index contributed by atoms with van der Waals surface area (Å²) < 4.78 is 0. The molecule has 0 aliphatic heterocycles. The van der Waals surface area contributed by atoms with Gasteiger partial charge in [-0.1, -0.05) is 18.2 Å². The molecule has 1 aromatic carbocycles.